The Balaban J connectivity index is 1.88. The Morgan fingerprint density at radius 2 is 2.08 bits per heavy atom. The lowest BCUT2D eigenvalue weighted by atomic mass is 10.2. The summed E-state index contributed by atoms with van der Waals surface area (Å²) in [4.78, 5) is 2.50. The zero-order chi connectivity index (χ0) is 17.5. The van der Waals surface area contributed by atoms with Crippen molar-refractivity contribution in [1.82, 2.24) is 18.7 Å². The summed E-state index contributed by atoms with van der Waals surface area (Å²) in [6.07, 6.45) is 2.56. The van der Waals surface area contributed by atoms with Gasteiger partial charge < -0.3 is 9.47 Å². The summed E-state index contributed by atoms with van der Waals surface area (Å²) in [7, 11) is -0.320. The minimum Gasteiger partial charge on any atom is -0.351 e. The van der Waals surface area contributed by atoms with Gasteiger partial charge in [0.2, 0.25) is 10.0 Å². The number of sulfonamides is 1. The monoisotopic (exact) mass is 367 g/mol. The Labute approximate surface area is 147 Å². The number of anilines is 1. The lowest BCUT2D eigenvalue weighted by molar-refractivity contribution is 0.520. The molecule has 0 unspecified atom stereocenters. The Morgan fingerprint density at radius 1 is 1.33 bits per heavy atom. The van der Waals surface area contributed by atoms with Crippen molar-refractivity contribution >= 4 is 27.9 Å². The van der Waals surface area contributed by atoms with Gasteiger partial charge in [-0.1, -0.05) is 0 Å². The molecule has 2 aromatic rings. The summed E-state index contributed by atoms with van der Waals surface area (Å²) < 4.78 is 30.2. The molecule has 0 bridgehead atoms. The summed E-state index contributed by atoms with van der Waals surface area (Å²) in [6.45, 7) is 4.21. The number of fused-ring (bicyclic) bond motifs is 1. The molecule has 24 heavy (non-hydrogen) atoms. The van der Waals surface area contributed by atoms with Crippen LogP contribution in [0, 0.1) is 4.77 Å². The van der Waals surface area contributed by atoms with E-state index < -0.39 is 10.0 Å². The molecule has 1 aliphatic heterocycles. The van der Waals surface area contributed by atoms with Crippen molar-refractivity contribution in [3.8, 4) is 0 Å². The molecule has 1 aromatic heterocycles. The maximum Gasteiger partial charge on any atom is 0.242 e. The van der Waals surface area contributed by atoms with E-state index in [1.807, 2.05) is 17.6 Å². The maximum absolute atomic E-state index is 12.3. The number of nitrogens with zero attached hydrogens (tertiary/aromatic N) is 5. The number of hydrogen-bond acceptors (Lipinski definition) is 5. The van der Waals surface area contributed by atoms with Crippen LogP contribution in [0.2, 0.25) is 0 Å². The summed E-state index contributed by atoms with van der Waals surface area (Å²) in [5.74, 6) is 0. The molecule has 0 radical (unpaired) electrons. The van der Waals surface area contributed by atoms with Crippen LogP contribution in [-0.2, 0) is 29.7 Å². The first-order valence-corrected chi connectivity index (χ1v) is 9.62. The molecule has 0 amide bonds. The molecule has 0 spiro atoms. The van der Waals surface area contributed by atoms with E-state index in [4.69, 9.17) is 12.2 Å². The molecule has 0 aliphatic carbocycles. The van der Waals surface area contributed by atoms with Gasteiger partial charge in [0.15, 0.2) is 4.77 Å². The van der Waals surface area contributed by atoms with Gasteiger partial charge in [-0.25, -0.2) is 17.4 Å². The molecule has 1 aliphatic rings. The second-order valence-corrected chi connectivity index (χ2v) is 8.45. The van der Waals surface area contributed by atoms with Crippen LogP contribution in [0.25, 0.3) is 0 Å². The second kappa shape index (κ2) is 6.30. The summed E-state index contributed by atoms with van der Waals surface area (Å²) in [5, 5.41) is 4.33. The first-order valence-electron chi connectivity index (χ1n) is 7.77. The van der Waals surface area contributed by atoms with Crippen molar-refractivity contribution in [2.75, 3.05) is 25.5 Å². The van der Waals surface area contributed by atoms with Crippen molar-refractivity contribution in [2.24, 2.45) is 0 Å². The Morgan fingerprint density at radius 3 is 2.71 bits per heavy atom. The van der Waals surface area contributed by atoms with Gasteiger partial charge in [-0.2, -0.15) is 5.10 Å². The topological polar surface area (TPSA) is 63.4 Å². The smallest absolute Gasteiger partial charge is 0.242 e. The van der Waals surface area contributed by atoms with Crippen molar-refractivity contribution < 1.29 is 8.42 Å². The lowest BCUT2D eigenvalue weighted by Crippen LogP contribution is -2.25. The Kier molecular flexibility index (Phi) is 4.50. The molecule has 0 fully saturated rings. The van der Waals surface area contributed by atoms with Gasteiger partial charge in [0.25, 0.3) is 0 Å². The van der Waals surface area contributed by atoms with Crippen LogP contribution in [0.5, 0.6) is 0 Å². The van der Waals surface area contributed by atoms with Crippen molar-refractivity contribution in [2.45, 2.75) is 31.5 Å². The van der Waals surface area contributed by atoms with Crippen LogP contribution in [0.1, 0.15) is 12.5 Å². The largest absolute Gasteiger partial charge is 0.351 e. The third-order valence-corrected chi connectivity index (χ3v) is 6.52. The molecule has 130 valence electrons. The minimum atomic E-state index is -3.40. The van der Waals surface area contributed by atoms with Gasteiger partial charge in [-0.05, 0) is 49.3 Å². The minimum absolute atomic E-state index is 0.333. The molecule has 0 saturated heterocycles. The molecule has 3 rings (SSSR count). The van der Waals surface area contributed by atoms with Crippen LogP contribution in [0.4, 0.5) is 5.69 Å². The Bertz CT molecular complexity index is 914. The SMILES string of the molecule is CCn1cnn(CN2CCc3cc(S(=O)(=O)N(C)C)ccc32)c1=S. The third kappa shape index (κ3) is 2.87. The van der Waals surface area contributed by atoms with E-state index in [2.05, 4.69) is 10.00 Å². The Hall–Kier alpha value is -1.71. The average Bonchev–Trinajstić information content (AvgIpc) is 3.11. The molecule has 7 nitrogen and oxygen atoms in total. The molecular weight excluding hydrogens is 346 g/mol. The predicted octanol–water partition coefficient (Wildman–Crippen LogP) is 1.70. The number of aryl methyl sites for hydroxylation is 1. The number of rotatable bonds is 5. The highest BCUT2D eigenvalue weighted by Gasteiger charge is 2.24. The summed E-state index contributed by atoms with van der Waals surface area (Å²) in [6, 6.07) is 5.31. The van der Waals surface area contributed by atoms with E-state index in [1.165, 1.54) is 4.31 Å². The molecule has 9 heteroatoms. The zero-order valence-electron chi connectivity index (χ0n) is 14.0. The first-order chi connectivity index (χ1) is 11.3. The van der Waals surface area contributed by atoms with E-state index in [0.29, 0.717) is 16.3 Å². The average molecular weight is 368 g/mol. The first kappa shape index (κ1) is 17.1. The van der Waals surface area contributed by atoms with Crippen LogP contribution < -0.4 is 4.90 Å². The van der Waals surface area contributed by atoms with Crippen LogP contribution in [-0.4, -0.2) is 47.7 Å². The van der Waals surface area contributed by atoms with Gasteiger partial charge in [-0.3, -0.25) is 0 Å². The van der Waals surface area contributed by atoms with Crippen molar-refractivity contribution in [3.05, 3.63) is 34.9 Å². The van der Waals surface area contributed by atoms with E-state index in [-0.39, 0.29) is 0 Å². The maximum atomic E-state index is 12.3. The van der Waals surface area contributed by atoms with Crippen LogP contribution in [0.15, 0.2) is 29.4 Å². The van der Waals surface area contributed by atoms with Gasteiger partial charge in [-0.15, -0.1) is 0 Å². The zero-order valence-corrected chi connectivity index (χ0v) is 15.6. The quantitative estimate of drug-likeness (QED) is 0.753. The fraction of sp³-hybridized carbons (Fsp3) is 0.467. The van der Waals surface area contributed by atoms with Gasteiger partial charge in [0.1, 0.15) is 13.0 Å². The molecule has 2 heterocycles. The second-order valence-electron chi connectivity index (χ2n) is 5.93. The van der Waals surface area contributed by atoms with E-state index in [9.17, 15) is 8.42 Å². The molecule has 0 N–H and O–H groups in total. The fourth-order valence-electron chi connectivity index (χ4n) is 2.81. The van der Waals surface area contributed by atoms with E-state index >= 15 is 0 Å². The van der Waals surface area contributed by atoms with Crippen molar-refractivity contribution in [1.29, 1.82) is 0 Å². The highest BCUT2D eigenvalue weighted by atomic mass is 32.2. The van der Waals surface area contributed by atoms with E-state index in [0.717, 1.165) is 30.8 Å². The molecule has 0 saturated carbocycles. The van der Waals surface area contributed by atoms with Gasteiger partial charge >= 0.3 is 0 Å². The molecule has 1 aromatic carbocycles. The van der Waals surface area contributed by atoms with Crippen LogP contribution in [0.3, 0.4) is 0 Å². The summed E-state index contributed by atoms with van der Waals surface area (Å²) in [5.41, 5.74) is 2.08. The highest BCUT2D eigenvalue weighted by Crippen LogP contribution is 2.31. The lowest BCUT2D eigenvalue weighted by Gasteiger charge is -2.19. The summed E-state index contributed by atoms with van der Waals surface area (Å²) >= 11 is 5.41. The molecular formula is C15H21N5O2S2. The fourth-order valence-corrected chi connectivity index (χ4v) is 4.05. The standard InChI is InChI=1S/C15H21N5O2S2/c1-4-18-10-16-20(15(18)23)11-19-8-7-12-9-13(5-6-14(12)19)24(21,22)17(2)3/h5-6,9-10H,4,7-8,11H2,1-3H3. The third-order valence-electron chi connectivity index (χ3n) is 4.26. The number of benzene rings is 1. The van der Waals surface area contributed by atoms with Gasteiger partial charge in [0.05, 0.1) is 4.90 Å². The van der Waals surface area contributed by atoms with Crippen LogP contribution >= 0.6 is 12.2 Å². The highest BCUT2D eigenvalue weighted by molar-refractivity contribution is 7.89. The molecule has 0 atom stereocenters. The number of hydrogen-bond donors (Lipinski definition) is 0. The van der Waals surface area contributed by atoms with Gasteiger partial charge in [0, 0.05) is 32.9 Å². The predicted molar refractivity (Wildman–Crippen MR) is 95.1 cm³/mol. The normalized spacial score (nSPS) is 14.4. The number of aromatic nitrogens is 3. The van der Waals surface area contributed by atoms with E-state index in [1.54, 1.807) is 37.2 Å². The van der Waals surface area contributed by atoms with Crippen molar-refractivity contribution in [3.63, 3.8) is 0 Å².